The summed E-state index contributed by atoms with van der Waals surface area (Å²) in [6.45, 7) is 0. The van der Waals surface area contributed by atoms with E-state index >= 15 is 0 Å². The Hall–Kier alpha value is -2.20. The van der Waals surface area contributed by atoms with Crippen LogP contribution in [-0.2, 0) is 7.05 Å². The van der Waals surface area contributed by atoms with E-state index in [9.17, 15) is 0 Å². The molecule has 0 fully saturated rings. The van der Waals surface area contributed by atoms with Gasteiger partial charge in [0.15, 0.2) is 0 Å². The van der Waals surface area contributed by atoms with Gasteiger partial charge in [0.25, 0.3) is 0 Å². The standard InChI is InChI=1S/C15H14ClN3O/c1-19-15(17)13(8-18-19)12-6-10-5-11(16)4-3-9(10)7-14(12)20-2/h3-8H,17H2,1-2H3. The van der Waals surface area contributed by atoms with Crippen LogP contribution in [0.1, 0.15) is 0 Å². The van der Waals surface area contributed by atoms with Crippen molar-refractivity contribution in [3.63, 3.8) is 0 Å². The summed E-state index contributed by atoms with van der Waals surface area (Å²) in [6.07, 6.45) is 1.74. The van der Waals surface area contributed by atoms with Crippen molar-refractivity contribution in [2.24, 2.45) is 7.05 Å². The Morgan fingerprint density at radius 1 is 1.15 bits per heavy atom. The molecule has 0 spiro atoms. The maximum atomic E-state index is 6.05. The fourth-order valence-corrected chi connectivity index (χ4v) is 2.46. The molecule has 0 aliphatic heterocycles. The van der Waals surface area contributed by atoms with Crippen LogP contribution >= 0.6 is 11.6 Å². The molecule has 0 radical (unpaired) electrons. The van der Waals surface area contributed by atoms with Crippen LogP contribution in [0.2, 0.25) is 5.02 Å². The van der Waals surface area contributed by atoms with Crippen molar-refractivity contribution in [3.05, 3.63) is 41.6 Å². The Labute approximate surface area is 121 Å². The van der Waals surface area contributed by atoms with Gasteiger partial charge in [0.1, 0.15) is 11.6 Å². The van der Waals surface area contributed by atoms with E-state index in [1.165, 1.54) is 0 Å². The maximum absolute atomic E-state index is 6.05. The van der Waals surface area contributed by atoms with E-state index in [1.54, 1.807) is 18.0 Å². The summed E-state index contributed by atoms with van der Waals surface area (Å²) in [4.78, 5) is 0. The Kier molecular flexibility index (Phi) is 3.03. The number of methoxy groups -OCH3 is 1. The molecule has 0 aliphatic carbocycles. The molecule has 0 amide bonds. The molecule has 3 aromatic rings. The van der Waals surface area contributed by atoms with Crippen molar-refractivity contribution < 1.29 is 4.74 Å². The second-order valence-corrected chi connectivity index (χ2v) is 5.05. The van der Waals surface area contributed by atoms with E-state index in [-0.39, 0.29) is 0 Å². The van der Waals surface area contributed by atoms with Gasteiger partial charge in [0.2, 0.25) is 0 Å². The Morgan fingerprint density at radius 3 is 2.60 bits per heavy atom. The summed E-state index contributed by atoms with van der Waals surface area (Å²) >= 11 is 6.05. The predicted molar refractivity (Wildman–Crippen MR) is 82.1 cm³/mol. The number of benzene rings is 2. The minimum absolute atomic E-state index is 0.602. The van der Waals surface area contributed by atoms with Gasteiger partial charge in [-0.3, -0.25) is 4.68 Å². The predicted octanol–water partition coefficient (Wildman–Crippen LogP) is 3.48. The Morgan fingerprint density at radius 2 is 1.95 bits per heavy atom. The number of nitrogen functional groups attached to an aromatic ring is 1. The lowest BCUT2D eigenvalue weighted by Crippen LogP contribution is -1.98. The fourth-order valence-electron chi connectivity index (χ4n) is 2.28. The third-order valence-corrected chi connectivity index (χ3v) is 3.63. The van der Waals surface area contributed by atoms with E-state index < -0.39 is 0 Å². The number of nitrogens with zero attached hydrogens (tertiary/aromatic N) is 2. The van der Waals surface area contributed by atoms with E-state index in [0.29, 0.717) is 10.8 Å². The highest BCUT2D eigenvalue weighted by Gasteiger charge is 2.13. The molecule has 0 unspecified atom stereocenters. The number of rotatable bonds is 2. The zero-order chi connectivity index (χ0) is 14.3. The summed E-state index contributed by atoms with van der Waals surface area (Å²) < 4.78 is 7.11. The third kappa shape index (κ3) is 1.98. The molecule has 0 saturated heterocycles. The summed E-state index contributed by atoms with van der Waals surface area (Å²) in [7, 11) is 3.45. The van der Waals surface area contributed by atoms with Crippen LogP contribution in [0, 0.1) is 0 Å². The van der Waals surface area contributed by atoms with E-state index in [1.807, 2.05) is 37.4 Å². The van der Waals surface area contributed by atoms with Crippen molar-refractivity contribution >= 4 is 28.2 Å². The van der Waals surface area contributed by atoms with Crippen LogP contribution in [0.4, 0.5) is 5.82 Å². The number of hydrogen-bond acceptors (Lipinski definition) is 3. The van der Waals surface area contributed by atoms with Gasteiger partial charge in [0.05, 0.1) is 13.3 Å². The van der Waals surface area contributed by atoms with Crippen LogP contribution in [-0.4, -0.2) is 16.9 Å². The third-order valence-electron chi connectivity index (χ3n) is 3.40. The molecule has 1 heterocycles. The van der Waals surface area contributed by atoms with Gasteiger partial charge in [-0.05, 0) is 35.0 Å². The van der Waals surface area contributed by atoms with Gasteiger partial charge < -0.3 is 10.5 Å². The van der Waals surface area contributed by atoms with E-state index in [4.69, 9.17) is 22.1 Å². The lowest BCUT2D eigenvalue weighted by molar-refractivity contribution is 0.417. The van der Waals surface area contributed by atoms with Crippen molar-refractivity contribution in [2.45, 2.75) is 0 Å². The molecule has 102 valence electrons. The number of aromatic nitrogens is 2. The minimum Gasteiger partial charge on any atom is -0.496 e. The van der Waals surface area contributed by atoms with Crippen LogP contribution in [0.15, 0.2) is 36.5 Å². The van der Waals surface area contributed by atoms with Crippen molar-refractivity contribution in [1.82, 2.24) is 9.78 Å². The zero-order valence-corrected chi connectivity index (χ0v) is 12.0. The number of ether oxygens (including phenoxy) is 1. The van der Waals surface area contributed by atoms with Crippen LogP contribution < -0.4 is 10.5 Å². The smallest absolute Gasteiger partial charge is 0.129 e. The quantitative estimate of drug-likeness (QED) is 0.785. The van der Waals surface area contributed by atoms with Crippen LogP contribution in [0.3, 0.4) is 0 Å². The van der Waals surface area contributed by atoms with Crippen molar-refractivity contribution in [3.8, 4) is 16.9 Å². The molecular weight excluding hydrogens is 274 g/mol. The number of anilines is 1. The Balaban J connectivity index is 2.30. The first-order valence-electron chi connectivity index (χ1n) is 6.15. The molecule has 5 heteroatoms. The van der Waals surface area contributed by atoms with Crippen LogP contribution in [0.5, 0.6) is 5.75 Å². The number of hydrogen-bond donors (Lipinski definition) is 1. The number of aryl methyl sites for hydroxylation is 1. The average molecular weight is 288 g/mol. The van der Waals surface area contributed by atoms with Gasteiger partial charge in [-0.15, -0.1) is 0 Å². The summed E-state index contributed by atoms with van der Waals surface area (Å²) in [5, 5.41) is 6.98. The fraction of sp³-hybridized carbons (Fsp3) is 0.133. The van der Waals surface area contributed by atoms with Gasteiger partial charge in [-0.2, -0.15) is 5.10 Å². The average Bonchev–Trinajstić information content (AvgIpc) is 2.77. The van der Waals surface area contributed by atoms with Crippen LogP contribution in [0.25, 0.3) is 21.9 Å². The summed E-state index contributed by atoms with van der Waals surface area (Å²) in [6, 6.07) is 9.76. The summed E-state index contributed by atoms with van der Waals surface area (Å²) in [5.41, 5.74) is 7.81. The first kappa shape index (κ1) is 12.8. The molecule has 0 saturated carbocycles. The minimum atomic E-state index is 0.602. The van der Waals surface area contributed by atoms with Crippen molar-refractivity contribution in [1.29, 1.82) is 0 Å². The lowest BCUT2D eigenvalue weighted by atomic mass is 10.0. The zero-order valence-electron chi connectivity index (χ0n) is 11.2. The van der Waals surface area contributed by atoms with Crippen molar-refractivity contribution in [2.75, 3.05) is 12.8 Å². The monoisotopic (exact) mass is 287 g/mol. The lowest BCUT2D eigenvalue weighted by Gasteiger charge is -2.10. The molecular formula is C15H14ClN3O. The topological polar surface area (TPSA) is 53.1 Å². The first-order chi connectivity index (χ1) is 9.60. The molecule has 0 bridgehead atoms. The molecule has 2 aromatic carbocycles. The first-order valence-corrected chi connectivity index (χ1v) is 6.53. The van der Waals surface area contributed by atoms with Gasteiger partial charge in [-0.25, -0.2) is 0 Å². The highest BCUT2D eigenvalue weighted by atomic mass is 35.5. The van der Waals surface area contributed by atoms with Gasteiger partial charge in [-0.1, -0.05) is 17.7 Å². The summed E-state index contributed by atoms with van der Waals surface area (Å²) in [5.74, 6) is 1.37. The van der Waals surface area contributed by atoms with E-state index in [2.05, 4.69) is 5.10 Å². The number of nitrogens with two attached hydrogens (primary N) is 1. The molecule has 4 nitrogen and oxygen atoms in total. The highest BCUT2D eigenvalue weighted by Crippen LogP contribution is 2.37. The number of halogens is 1. The maximum Gasteiger partial charge on any atom is 0.129 e. The normalized spacial score (nSPS) is 10.9. The second kappa shape index (κ2) is 4.72. The number of fused-ring (bicyclic) bond motifs is 1. The van der Waals surface area contributed by atoms with E-state index in [0.717, 1.165) is 27.6 Å². The van der Waals surface area contributed by atoms with Gasteiger partial charge in [0, 0.05) is 23.2 Å². The largest absolute Gasteiger partial charge is 0.496 e. The second-order valence-electron chi connectivity index (χ2n) is 4.61. The SMILES string of the molecule is COc1cc2ccc(Cl)cc2cc1-c1cnn(C)c1N. The molecule has 2 N–H and O–H groups in total. The Bertz CT molecular complexity index is 795. The molecule has 1 aromatic heterocycles. The highest BCUT2D eigenvalue weighted by molar-refractivity contribution is 6.31. The molecule has 0 aliphatic rings. The van der Waals surface area contributed by atoms with Gasteiger partial charge >= 0.3 is 0 Å². The molecule has 3 rings (SSSR count). The molecule has 0 atom stereocenters. The molecule has 20 heavy (non-hydrogen) atoms.